The monoisotopic (exact) mass is 507 g/mol. The van der Waals surface area contributed by atoms with Gasteiger partial charge >= 0.3 is 0 Å². The van der Waals surface area contributed by atoms with Crippen molar-refractivity contribution in [2.45, 2.75) is 53.1 Å². The van der Waals surface area contributed by atoms with Gasteiger partial charge in [0.15, 0.2) is 0 Å². The molecular formula is C25H34ClN3O4S. The van der Waals surface area contributed by atoms with Crippen LogP contribution in [0.25, 0.3) is 0 Å². The second-order valence-corrected chi connectivity index (χ2v) is 10.7. The molecule has 186 valence electrons. The van der Waals surface area contributed by atoms with Crippen molar-refractivity contribution in [1.29, 1.82) is 0 Å². The van der Waals surface area contributed by atoms with Crippen LogP contribution in [-0.4, -0.2) is 50.5 Å². The normalized spacial score (nSPS) is 12.2. The van der Waals surface area contributed by atoms with E-state index < -0.39 is 28.5 Å². The van der Waals surface area contributed by atoms with E-state index >= 15 is 0 Å². The molecule has 2 aromatic carbocycles. The Balaban J connectivity index is 2.43. The van der Waals surface area contributed by atoms with Gasteiger partial charge in [-0.2, -0.15) is 0 Å². The van der Waals surface area contributed by atoms with E-state index in [1.807, 2.05) is 52.0 Å². The summed E-state index contributed by atoms with van der Waals surface area (Å²) in [4.78, 5) is 27.9. The molecule has 0 aromatic heterocycles. The lowest BCUT2D eigenvalue weighted by Crippen LogP contribution is -2.52. The molecule has 2 amide bonds. The fraction of sp³-hybridized carbons (Fsp3) is 0.440. The molecule has 0 radical (unpaired) electrons. The molecule has 1 atom stereocenters. The highest BCUT2D eigenvalue weighted by atomic mass is 35.5. The van der Waals surface area contributed by atoms with Crippen molar-refractivity contribution in [2.75, 3.05) is 23.7 Å². The Morgan fingerprint density at radius 2 is 1.71 bits per heavy atom. The Kier molecular flexibility index (Phi) is 9.94. The molecule has 0 aliphatic rings. The first-order valence-electron chi connectivity index (χ1n) is 11.3. The van der Waals surface area contributed by atoms with Gasteiger partial charge in [0, 0.05) is 18.1 Å². The quantitative estimate of drug-likeness (QED) is 0.497. The smallest absolute Gasteiger partial charge is 0.244 e. The zero-order valence-corrected chi connectivity index (χ0v) is 22.0. The topological polar surface area (TPSA) is 86.8 Å². The molecule has 0 heterocycles. The summed E-state index contributed by atoms with van der Waals surface area (Å²) in [7, 11) is -3.79. The Morgan fingerprint density at radius 1 is 1.06 bits per heavy atom. The van der Waals surface area contributed by atoms with Gasteiger partial charge in [-0.25, -0.2) is 8.42 Å². The van der Waals surface area contributed by atoms with Crippen molar-refractivity contribution in [3.05, 3.63) is 64.2 Å². The first-order chi connectivity index (χ1) is 16.0. The van der Waals surface area contributed by atoms with Crippen LogP contribution in [0, 0.1) is 13.8 Å². The summed E-state index contributed by atoms with van der Waals surface area (Å²) in [6.45, 7) is 7.81. The molecule has 0 aliphatic heterocycles. The highest BCUT2D eigenvalue weighted by molar-refractivity contribution is 7.92. The van der Waals surface area contributed by atoms with Gasteiger partial charge in [0.25, 0.3) is 0 Å². The molecule has 2 aromatic rings. The average Bonchev–Trinajstić information content (AvgIpc) is 2.78. The van der Waals surface area contributed by atoms with Crippen molar-refractivity contribution < 1.29 is 18.0 Å². The zero-order valence-electron chi connectivity index (χ0n) is 20.5. The summed E-state index contributed by atoms with van der Waals surface area (Å²) < 4.78 is 26.3. The number of hydrogen-bond donors (Lipinski definition) is 1. The second kappa shape index (κ2) is 12.2. The Hall–Kier alpha value is -2.58. The van der Waals surface area contributed by atoms with Crippen LogP contribution >= 0.6 is 11.6 Å². The summed E-state index contributed by atoms with van der Waals surface area (Å²) in [6.07, 6.45) is 2.20. The molecule has 1 N–H and O–H groups in total. The first kappa shape index (κ1) is 27.7. The summed E-state index contributed by atoms with van der Waals surface area (Å²) in [5.74, 6) is -0.727. The number of carbonyl (C=O) groups excluding carboxylic acids is 2. The fourth-order valence-corrected chi connectivity index (χ4v) is 4.54. The number of hydrogen-bond acceptors (Lipinski definition) is 4. The molecule has 0 saturated carbocycles. The number of benzene rings is 2. The molecule has 0 fully saturated rings. The molecule has 9 heteroatoms. The number of amides is 2. The minimum atomic E-state index is -3.79. The van der Waals surface area contributed by atoms with Crippen LogP contribution in [0.5, 0.6) is 0 Å². The van der Waals surface area contributed by atoms with E-state index in [0.717, 1.165) is 33.7 Å². The number of anilines is 1. The third-order valence-electron chi connectivity index (χ3n) is 5.53. The maximum atomic E-state index is 13.6. The minimum absolute atomic E-state index is 0.184. The van der Waals surface area contributed by atoms with Gasteiger partial charge in [-0.3, -0.25) is 13.9 Å². The van der Waals surface area contributed by atoms with Crippen LogP contribution in [0.1, 0.15) is 43.4 Å². The molecule has 0 saturated heterocycles. The first-order valence-corrected chi connectivity index (χ1v) is 13.6. The highest BCUT2D eigenvalue weighted by Gasteiger charge is 2.31. The number of rotatable bonds is 11. The van der Waals surface area contributed by atoms with Crippen LogP contribution in [0.15, 0.2) is 42.5 Å². The Morgan fingerprint density at radius 3 is 2.24 bits per heavy atom. The van der Waals surface area contributed by atoms with Gasteiger partial charge in [-0.1, -0.05) is 61.3 Å². The van der Waals surface area contributed by atoms with Crippen LogP contribution < -0.4 is 9.62 Å². The summed E-state index contributed by atoms with van der Waals surface area (Å²) >= 11 is 6.22. The number of aryl methyl sites for hydroxylation is 2. The minimum Gasteiger partial charge on any atom is -0.354 e. The van der Waals surface area contributed by atoms with Gasteiger partial charge in [0.2, 0.25) is 21.8 Å². The van der Waals surface area contributed by atoms with E-state index in [1.54, 1.807) is 12.1 Å². The molecular weight excluding hydrogens is 474 g/mol. The SMILES string of the molecule is CCCNC(=O)C(CC)N(Cc1ccc(C)cc1)C(=O)CN(c1ccc(C)c(Cl)c1)S(C)(=O)=O. The molecule has 34 heavy (non-hydrogen) atoms. The van der Waals surface area contributed by atoms with E-state index in [2.05, 4.69) is 5.32 Å². The maximum absolute atomic E-state index is 13.6. The van der Waals surface area contributed by atoms with Crippen LogP contribution in [0.2, 0.25) is 5.02 Å². The summed E-state index contributed by atoms with van der Waals surface area (Å²) in [5.41, 5.74) is 3.02. The van der Waals surface area contributed by atoms with Crippen molar-refractivity contribution in [1.82, 2.24) is 10.2 Å². The number of halogens is 1. The Bertz CT molecular complexity index is 1100. The lowest BCUT2D eigenvalue weighted by Gasteiger charge is -2.33. The van der Waals surface area contributed by atoms with Gasteiger partial charge in [0.05, 0.1) is 11.9 Å². The average molecular weight is 508 g/mol. The standard InChI is InChI=1S/C25H34ClN3O4S/c1-6-14-27-25(31)23(7-2)28(16-20-11-8-18(3)9-12-20)24(30)17-29(34(5,32)33)21-13-10-19(4)22(26)15-21/h8-13,15,23H,6-7,14,16-17H2,1-5H3,(H,27,31). The predicted octanol–water partition coefficient (Wildman–Crippen LogP) is 4.06. The molecule has 1 unspecified atom stereocenters. The zero-order chi connectivity index (χ0) is 25.5. The third kappa shape index (κ3) is 7.46. The van der Waals surface area contributed by atoms with E-state index in [-0.39, 0.29) is 12.5 Å². The second-order valence-electron chi connectivity index (χ2n) is 8.43. The molecule has 7 nitrogen and oxygen atoms in total. The van der Waals surface area contributed by atoms with Crippen LogP contribution in [0.3, 0.4) is 0 Å². The third-order valence-corrected chi connectivity index (χ3v) is 7.08. The molecule has 0 spiro atoms. The van der Waals surface area contributed by atoms with Gasteiger partial charge in [-0.15, -0.1) is 0 Å². The van der Waals surface area contributed by atoms with E-state index in [1.165, 1.54) is 11.0 Å². The van der Waals surface area contributed by atoms with E-state index in [4.69, 9.17) is 11.6 Å². The van der Waals surface area contributed by atoms with Crippen molar-refractivity contribution in [3.8, 4) is 0 Å². The number of nitrogens with zero attached hydrogens (tertiary/aromatic N) is 2. The number of carbonyl (C=O) groups is 2. The lowest BCUT2D eigenvalue weighted by molar-refractivity contribution is -0.140. The largest absolute Gasteiger partial charge is 0.354 e. The summed E-state index contributed by atoms with van der Waals surface area (Å²) in [6, 6.07) is 11.8. The Labute approximate surface area is 208 Å². The van der Waals surface area contributed by atoms with Gasteiger partial charge in [0.1, 0.15) is 12.6 Å². The maximum Gasteiger partial charge on any atom is 0.244 e. The molecule has 0 aliphatic carbocycles. The predicted molar refractivity (Wildman–Crippen MR) is 137 cm³/mol. The van der Waals surface area contributed by atoms with Crippen molar-refractivity contribution >= 4 is 39.1 Å². The lowest BCUT2D eigenvalue weighted by atomic mass is 10.1. The van der Waals surface area contributed by atoms with Crippen molar-refractivity contribution in [3.63, 3.8) is 0 Å². The molecule has 0 bridgehead atoms. The number of nitrogens with one attached hydrogen (secondary N) is 1. The van der Waals surface area contributed by atoms with Gasteiger partial charge < -0.3 is 10.2 Å². The van der Waals surface area contributed by atoms with E-state index in [9.17, 15) is 18.0 Å². The molecule has 2 rings (SSSR count). The van der Waals surface area contributed by atoms with E-state index in [0.29, 0.717) is 23.7 Å². The fourth-order valence-electron chi connectivity index (χ4n) is 3.53. The highest BCUT2D eigenvalue weighted by Crippen LogP contribution is 2.25. The van der Waals surface area contributed by atoms with Gasteiger partial charge in [-0.05, 0) is 49.9 Å². The summed E-state index contributed by atoms with van der Waals surface area (Å²) in [5, 5.41) is 3.26. The van der Waals surface area contributed by atoms with Crippen LogP contribution in [-0.2, 0) is 26.2 Å². The number of sulfonamides is 1. The van der Waals surface area contributed by atoms with Crippen molar-refractivity contribution in [2.24, 2.45) is 0 Å². The van der Waals surface area contributed by atoms with Crippen LogP contribution in [0.4, 0.5) is 5.69 Å².